The van der Waals surface area contributed by atoms with Crippen LogP contribution in [-0.4, -0.2) is 42.6 Å². The van der Waals surface area contributed by atoms with E-state index in [-0.39, 0.29) is 18.9 Å². The van der Waals surface area contributed by atoms with E-state index < -0.39 is 17.9 Å². The van der Waals surface area contributed by atoms with Crippen molar-refractivity contribution >= 4 is 23.5 Å². The zero-order chi connectivity index (χ0) is 15.8. The van der Waals surface area contributed by atoms with Gasteiger partial charge in [0.15, 0.2) is 0 Å². The van der Waals surface area contributed by atoms with Crippen molar-refractivity contribution in [3.05, 3.63) is 29.8 Å². The van der Waals surface area contributed by atoms with E-state index in [1.165, 1.54) is 26.2 Å². The number of amides is 2. The van der Waals surface area contributed by atoms with Gasteiger partial charge >= 0.3 is 5.97 Å². The molecule has 0 aliphatic heterocycles. The van der Waals surface area contributed by atoms with Crippen molar-refractivity contribution in [3.63, 3.8) is 0 Å². The van der Waals surface area contributed by atoms with Crippen LogP contribution in [0.4, 0.5) is 5.69 Å². The van der Waals surface area contributed by atoms with Crippen LogP contribution >= 0.6 is 0 Å². The summed E-state index contributed by atoms with van der Waals surface area (Å²) in [6.07, 6.45) is 0.182. The lowest BCUT2D eigenvalue weighted by Gasteiger charge is -2.14. The Morgan fingerprint density at radius 3 is 2.33 bits per heavy atom. The first-order valence-electron chi connectivity index (χ1n) is 6.34. The fourth-order valence-corrected chi connectivity index (χ4v) is 1.64. The Bertz CT molecular complexity index is 513. The van der Waals surface area contributed by atoms with E-state index in [4.69, 9.17) is 9.84 Å². The number of benzene rings is 1. The summed E-state index contributed by atoms with van der Waals surface area (Å²) in [7, 11) is 1.46. The summed E-state index contributed by atoms with van der Waals surface area (Å²) in [5.41, 5.74) is 0.876. The third kappa shape index (κ3) is 5.62. The summed E-state index contributed by atoms with van der Waals surface area (Å²) in [5.74, 6) is -1.82. The highest BCUT2D eigenvalue weighted by Gasteiger charge is 2.20. The van der Waals surface area contributed by atoms with E-state index in [9.17, 15) is 14.4 Å². The quantitative estimate of drug-likeness (QED) is 0.692. The van der Waals surface area contributed by atoms with Crippen molar-refractivity contribution in [1.29, 1.82) is 0 Å². The van der Waals surface area contributed by atoms with Gasteiger partial charge in [0.05, 0.1) is 0 Å². The van der Waals surface area contributed by atoms with Gasteiger partial charge in [0, 0.05) is 38.3 Å². The van der Waals surface area contributed by atoms with Crippen molar-refractivity contribution < 1.29 is 24.2 Å². The minimum Gasteiger partial charge on any atom is -0.480 e. The molecule has 1 rings (SSSR count). The number of aliphatic carboxylic acids is 1. The lowest BCUT2D eigenvalue weighted by atomic mass is 10.1. The molecule has 3 N–H and O–H groups in total. The second-order valence-electron chi connectivity index (χ2n) is 4.40. The lowest BCUT2D eigenvalue weighted by molar-refractivity contribution is -0.139. The van der Waals surface area contributed by atoms with Crippen LogP contribution in [-0.2, 0) is 14.3 Å². The van der Waals surface area contributed by atoms with E-state index >= 15 is 0 Å². The van der Waals surface area contributed by atoms with Crippen LogP contribution in [0.3, 0.4) is 0 Å². The van der Waals surface area contributed by atoms with Crippen LogP contribution in [0.25, 0.3) is 0 Å². The Morgan fingerprint density at radius 2 is 1.86 bits per heavy atom. The lowest BCUT2D eigenvalue weighted by Crippen LogP contribution is -2.41. The van der Waals surface area contributed by atoms with Crippen molar-refractivity contribution in [2.75, 3.05) is 19.0 Å². The van der Waals surface area contributed by atoms with Gasteiger partial charge in [-0.05, 0) is 24.3 Å². The first-order chi connectivity index (χ1) is 9.93. The molecule has 1 unspecified atom stereocenters. The highest BCUT2D eigenvalue weighted by molar-refractivity contribution is 5.97. The number of rotatable bonds is 7. The number of ether oxygens (including phenoxy) is 1. The molecule has 7 heteroatoms. The maximum Gasteiger partial charge on any atom is 0.326 e. The smallest absolute Gasteiger partial charge is 0.326 e. The summed E-state index contributed by atoms with van der Waals surface area (Å²) in [5, 5.41) is 14.0. The maximum atomic E-state index is 12.0. The summed E-state index contributed by atoms with van der Waals surface area (Å²) in [6, 6.07) is 5.15. The Morgan fingerprint density at radius 1 is 1.24 bits per heavy atom. The third-order valence-corrected chi connectivity index (χ3v) is 2.68. The van der Waals surface area contributed by atoms with Crippen LogP contribution in [0.15, 0.2) is 24.3 Å². The van der Waals surface area contributed by atoms with Crippen LogP contribution in [0.2, 0.25) is 0 Å². The minimum atomic E-state index is -1.12. The van der Waals surface area contributed by atoms with Crippen molar-refractivity contribution in [2.45, 2.75) is 19.4 Å². The molecule has 7 nitrogen and oxygen atoms in total. The van der Waals surface area contributed by atoms with Crippen molar-refractivity contribution in [3.8, 4) is 0 Å². The molecule has 0 aliphatic rings. The molecule has 0 aromatic heterocycles. The number of nitrogens with one attached hydrogen (secondary N) is 2. The Labute approximate surface area is 122 Å². The van der Waals surface area contributed by atoms with Crippen LogP contribution < -0.4 is 10.6 Å². The van der Waals surface area contributed by atoms with Gasteiger partial charge in [-0.2, -0.15) is 0 Å². The van der Waals surface area contributed by atoms with E-state index in [1.54, 1.807) is 12.1 Å². The summed E-state index contributed by atoms with van der Waals surface area (Å²) in [6.45, 7) is 1.62. The zero-order valence-electron chi connectivity index (χ0n) is 11.9. The van der Waals surface area contributed by atoms with Crippen LogP contribution in [0.5, 0.6) is 0 Å². The number of anilines is 1. The number of methoxy groups -OCH3 is 1. The molecule has 0 aliphatic carbocycles. The van der Waals surface area contributed by atoms with Gasteiger partial charge in [0.2, 0.25) is 5.91 Å². The number of carboxylic acid groups (broad SMARTS) is 1. The molecule has 0 saturated carbocycles. The van der Waals surface area contributed by atoms with E-state index in [1.807, 2.05) is 0 Å². The summed E-state index contributed by atoms with van der Waals surface area (Å²) >= 11 is 0. The number of hydrogen-bond acceptors (Lipinski definition) is 4. The SMILES string of the molecule is COCCC(NC(=O)c1ccc(NC(C)=O)cc1)C(=O)O. The molecule has 21 heavy (non-hydrogen) atoms. The molecule has 0 saturated heterocycles. The van der Waals surface area contributed by atoms with Crippen molar-refractivity contribution in [2.24, 2.45) is 0 Å². The molecule has 0 fully saturated rings. The number of hydrogen-bond donors (Lipinski definition) is 3. The fraction of sp³-hybridized carbons (Fsp3) is 0.357. The molecule has 0 spiro atoms. The standard InChI is InChI=1S/C14H18N2O5/c1-9(17)15-11-5-3-10(4-6-11)13(18)16-12(14(19)20)7-8-21-2/h3-6,12H,7-8H2,1-2H3,(H,15,17)(H,16,18)(H,19,20). The molecule has 0 radical (unpaired) electrons. The van der Waals surface area contributed by atoms with Gasteiger partial charge in [-0.15, -0.1) is 0 Å². The highest BCUT2D eigenvalue weighted by Crippen LogP contribution is 2.10. The highest BCUT2D eigenvalue weighted by atomic mass is 16.5. The van der Waals surface area contributed by atoms with Gasteiger partial charge in [0.1, 0.15) is 6.04 Å². The summed E-state index contributed by atoms with van der Waals surface area (Å²) in [4.78, 5) is 33.9. The number of carbonyl (C=O) groups excluding carboxylic acids is 2. The average molecular weight is 294 g/mol. The van der Waals surface area contributed by atoms with E-state index in [2.05, 4.69) is 10.6 Å². The van der Waals surface area contributed by atoms with Crippen LogP contribution in [0, 0.1) is 0 Å². The van der Waals surface area contributed by atoms with E-state index in [0.29, 0.717) is 11.3 Å². The largest absolute Gasteiger partial charge is 0.480 e. The fourth-order valence-electron chi connectivity index (χ4n) is 1.64. The van der Waals surface area contributed by atoms with E-state index in [0.717, 1.165) is 0 Å². The predicted molar refractivity (Wildman–Crippen MR) is 76.1 cm³/mol. The monoisotopic (exact) mass is 294 g/mol. The topological polar surface area (TPSA) is 105 Å². The molecule has 2 amide bonds. The zero-order valence-corrected chi connectivity index (χ0v) is 11.9. The van der Waals surface area contributed by atoms with Gasteiger partial charge in [-0.25, -0.2) is 4.79 Å². The molecule has 1 atom stereocenters. The van der Waals surface area contributed by atoms with Gasteiger partial charge in [-0.1, -0.05) is 0 Å². The second kappa shape index (κ2) is 8.01. The molecule has 0 heterocycles. The maximum absolute atomic E-state index is 12.0. The van der Waals surface area contributed by atoms with Gasteiger partial charge in [0.25, 0.3) is 5.91 Å². The predicted octanol–water partition coefficient (Wildman–Crippen LogP) is 0.864. The third-order valence-electron chi connectivity index (χ3n) is 2.68. The number of carbonyl (C=O) groups is 3. The van der Waals surface area contributed by atoms with Crippen molar-refractivity contribution in [1.82, 2.24) is 5.32 Å². The Hall–Kier alpha value is -2.41. The molecule has 114 valence electrons. The Kier molecular flexibility index (Phi) is 6.35. The van der Waals surface area contributed by atoms with Gasteiger partial charge < -0.3 is 20.5 Å². The first-order valence-corrected chi connectivity index (χ1v) is 6.34. The molecule has 0 bridgehead atoms. The molecular weight excluding hydrogens is 276 g/mol. The summed E-state index contributed by atoms with van der Waals surface area (Å²) < 4.78 is 4.81. The average Bonchev–Trinajstić information content (AvgIpc) is 2.43. The van der Waals surface area contributed by atoms with Gasteiger partial charge in [-0.3, -0.25) is 9.59 Å². The molecule has 1 aromatic rings. The number of carboxylic acids is 1. The minimum absolute atomic E-state index is 0.182. The second-order valence-corrected chi connectivity index (χ2v) is 4.40. The Balaban J connectivity index is 2.69. The molecular formula is C14H18N2O5. The normalized spacial score (nSPS) is 11.5. The molecule has 1 aromatic carbocycles. The first kappa shape index (κ1) is 16.6. The van der Waals surface area contributed by atoms with Crippen LogP contribution in [0.1, 0.15) is 23.7 Å².